The molecule has 0 saturated heterocycles. The first-order chi connectivity index (χ1) is 14.0. The molecule has 0 radical (unpaired) electrons. The summed E-state index contributed by atoms with van der Waals surface area (Å²) in [5.41, 5.74) is 5.06. The predicted molar refractivity (Wildman–Crippen MR) is 117 cm³/mol. The number of anilines is 1. The summed E-state index contributed by atoms with van der Waals surface area (Å²) in [7, 11) is 0. The Labute approximate surface area is 172 Å². The van der Waals surface area contributed by atoms with E-state index in [4.69, 9.17) is 0 Å². The smallest absolute Gasteiger partial charge is 0.243 e. The van der Waals surface area contributed by atoms with Crippen LogP contribution in [0.25, 0.3) is 0 Å². The van der Waals surface area contributed by atoms with E-state index in [1.54, 1.807) is 0 Å². The van der Waals surface area contributed by atoms with Gasteiger partial charge in [-0.05, 0) is 36.6 Å². The van der Waals surface area contributed by atoms with Crippen LogP contribution >= 0.6 is 0 Å². The molecule has 0 spiro atoms. The molecule has 0 aliphatic carbocycles. The van der Waals surface area contributed by atoms with Crippen molar-refractivity contribution in [3.63, 3.8) is 0 Å². The quantitative estimate of drug-likeness (QED) is 0.624. The molecule has 0 aliphatic rings. The molecule has 0 atom stereocenters. The van der Waals surface area contributed by atoms with Gasteiger partial charge in [0, 0.05) is 18.0 Å². The average molecular weight is 386 g/mol. The fourth-order valence-electron chi connectivity index (χ4n) is 3.38. The second kappa shape index (κ2) is 9.69. The first-order valence-electron chi connectivity index (χ1n) is 9.76. The Kier molecular flexibility index (Phi) is 6.80. The first-order valence-corrected chi connectivity index (χ1v) is 9.76. The van der Waals surface area contributed by atoms with Gasteiger partial charge in [0.1, 0.15) is 0 Å². The van der Waals surface area contributed by atoms with E-state index in [9.17, 15) is 9.59 Å². The average Bonchev–Trinajstić information content (AvgIpc) is 2.74. The number of amides is 2. The van der Waals surface area contributed by atoms with Crippen LogP contribution in [0.4, 0.5) is 5.69 Å². The van der Waals surface area contributed by atoms with Crippen LogP contribution in [0.5, 0.6) is 0 Å². The highest BCUT2D eigenvalue weighted by atomic mass is 16.2. The van der Waals surface area contributed by atoms with Crippen LogP contribution in [0, 0.1) is 13.8 Å². The van der Waals surface area contributed by atoms with E-state index in [-0.39, 0.29) is 30.7 Å². The zero-order valence-electron chi connectivity index (χ0n) is 16.8. The lowest BCUT2D eigenvalue weighted by molar-refractivity contribution is -0.124. The number of hydrogen-bond acceptors (Lipinski definition) is 2. The molecular weight excluding hydrogens is 360 g/mol. The van der Waals surface area contributed by atoms with Crippen LogP contribution in [0.15, 0.2) is 78.9 Å². The van der Waals surface area contributed by atoms with E-state index < -0.39 is 0 Å². The Hall–Kier alpha value is -3.40. The third-order valence-electron chi connectivity index (χ3n) is 4.90. The van der Waals surface area contributed by atoms with Crippen molar-refractivity contribution in [1.82, 2.24) is 5.32 Å². The van der Waals surface area contributed by atoms with Crippen molar-refractivity contribution in [2.24, 2.45) is 0 Å². The van der Waals surface area contributed by atoms with Crippen molar-refractivity contribution in [3.05, 3.63) is 101 Å². The van der Waals surface area contributed by atoms with Crippen LogP contribution in [0.1, 0.15) is 34.6 Å². The monoisotopic (exact) mass is 386 g/mol. The Morgan fingerprint density at radius 3 is 1.93 bits per heavy atom. The maximum Gasteiger partial charge on any atom is 0.243 e. The maximum absolute atomic E-state index is 12.6. The van der Waals surface area contributed by atoms with Gasteiger partial charge < -0.3 is 10.6 Å². The Balaban J connectivity index is 1.61. The van der Waals surface area contributed by atoms with Gasteiger partial charge in [0.15, 0.2) is 0 Å². The Morgan fingerprint density at radius 1 is 0.793 bits per heavy atom. The van der Waals surface area contributed by atoms with Crippen LogP contribution in [-0.2, 0) is 9.59 Å². The van der Waals surface area contributed by atoms with Crippen molar-refractivity contribution in [2.45, 2.75) is 26.2 Å². The minimum atomic E-state index is -0.235. The molecule has 3 aromatic rings. The van der Waals surface area contributed by atoms with Gasteiger partial charge in [0.2, 0.25) is 11.8 Å². The summed E-state index contributed by atoms with van der Waals surface area (Å²) in [6, 6.07) is 25.8. The molecule has 0 fully saturated rings. The fraction of sp³-hybridized carbons (Fsp3) is 0.200. The molecule has 2 amide bonds. The van der Waals surface area contributed by atoms with E-state index in [1.165, 1.54) is 0 Å². The maximum atomic E-state index is 12.6. The third kappa shape index (κ3) is 5.79. The van der Waals surface area contributed by atoms with Crippen LogP contribution in [0.3, 0.4) is 0 Å². The second-order valence-corrected chi connectivity index (χ2v) is 7.22. The summed E-state index contributed by atoms with van der Waals surface area (Å²) in [5.74, 6) is -0.445. The first kappa shape index (κ1) is 20.3. The molecule has 148 valence electrons. The number of carbonyl (C=O) groups is 2. The summed E-state index contributed by atoms with van der Waals surface area (Å²) in [4.78, 5) is 24.8. The van der Waals surface area contributed by atoms with Crippen molar-refractivity contribution in [2.75, 3.05) is 11.9 Å². The molecule has 0 heterocycles. The standard InChI is InChI=1S/C25H26N2O2/c1-18-13-14-23(19(2)15-18)27-25(29)17-26-24(28)16-22(20-9-5-3-6-10-20)21-11-7-4-8-12-21/h3-15,22H,16-17H2,1-2H3,(H,26,28)(H,27,29). The molecule has 4 nitrogen and oxygen atoms in total. The van der Waals surface area contributed by atoms with Gasteiger partial charge in [0.05, 0.1) is 6.54 Å². The molecule has 3 aromatic carbocycles. The third-order valence-corrected chi connectivity index (χ3v) is 4.90. The van der Waals surface area contributed by atoms with E-state index in [0.717, 1.165) is 27.9 Å². The SMILES string of the molecule is Cc1ccc(NC(=O)CNC(=O)CC(c2ccccc2)c2ccccc2)c(C)c1. The number of benzene rings is 3. The van der Waals surface area contributed by atoms with Gasteiger partial charge in [-0.25, -0.2) is 0 Å². The zero-order valence-corrected chi connectivity index (χ0v) is 16.8. The Morgan fingerprint density at radius 2 is 1.38 bits per heavy atom. The highest BCUT2D eigenvalue weighted by Crippen LogP contribution is 2.27. The van der Waals surface area contributed by atoms with Gasteiger partial charge in [0.25, 0.3) is 0 Å². The van der Waals surface area contributed by atoms with Crippen LogP contribution in [-0.4, -0.2) is 18.4 Å². The van der Waals surface area contributed by atoms with Crippen molar-refractivity contribution >= 4 is 17.5 Å². The molecule has 0 aliphatic heterocycles. The number of nitrogens with one attached hydrogen (secondary N) is 2. The van der Waals surface area contributed by atoms with Gasteiger partial charge in [-0.2, -0.15) is 0 Å². The van der Waals surface area contributed by atoms with Crippen molar-refractivity contribution in [1.29, 1.82) is 0 Å². The highest BCUT2D eigenvalue weighted by molar-refractivity contribution is 5.95. The molecule has 0 bridgehead atoms. The largest absolute Gasteiger partial charge is 0.347 e. The second-order valence-electron chi connectivity index (χ2n) is 7.22. The lowest BCUT2D eigenvalue weighted by Crippen LogP contribution is -2.33. The molecule has 29 heavy (non-hydrogen) atoms. The number of hydrogen-bond donors (Lipinski definition) is 2. The van der Waals surface area contributed by atoms with Crippen LogP contribution in [0.2, 0.25) is 0 Å². The van der Waals surface area contributed by atoms with Crippen LogP contribution < -0.4 is 10.6 Å². The fourth-order valence-corrected chi connectivity index (χ4v) is 3.38. The lowest BCUT2D eigenvalue weighted by Gasteiger charge is -2.18. The predicted octanol–water partition coefficient (Wildman–Crippen LogP) is 4.58. The van der Waals surface area contributed by atoms with E-state index in [0.29, 0.717) is 0 Å². The summed E-state index contributed by atoms with van der Waals surface area (Å²) in [6.07, 6.45) is 0.283. The normalized spacial score (nSPS) is 10.6. The Bertz CT molecular complexity index is 929. The number of aryl methyl sites for hydroxylation is 2. The molecule has 0 saturated carbocycles. The van der Waals surface area contributed by atoms with Crippen molar-refractivity contribution < 1.29 is 9.59 Å². The minimum absolute atomic E-state index is 0.0531. The van der Waals surface area contributed by atoms with E-state index >= 15 is 0 Å². The zero-order chi connectivity index (χ0) is 20.6. The summed E-state index contributed by atoms with van der Waals surface area (Å²) in [5, 5.41) is 5.61. The lowest BCUT2D eigenvalue weighted by atomic mass is 9.88. The topological polar surface area (TPSA) is 58.2 Å². The van der Waals surface area contributed by atoms with Crippen molar-refractivity contribution in [3.8, 4) is 0 Å². The van der Waals surface area contributed by atoms with E-state index in [1.807, 2.05) is 92.7 Å². The highest BCUT2D eigenvalue weighted by Gasteiger charge is 2.18. The van der Waals surface area contributed by atoms with Gasteiger partial charge in [-0.15, -0.1) is 0 Å². The molecule has 2 N–H and O–H groups in total. The molecule has 3 rings (SSSR count). The molecule has 0 aromatic heterocycles. The number of carbonyl (C=O) groups excluding carboxylic acids is 2. The summed E-state index contributed by atoms with van der Waals surface area (Å²) in [6.45, 7) is 3.91. The molecular formula is C25H26N2O2. The molecule has 0 unspecified atom stereocenters. The van der Waals surface area contributed by atoms with Gasteiger partial charge >= 0.3 is 0 Å². The minimum Gasteiger partial charge on any atom is -0.347 e. The van der Waals surface area contributed by atoms with E-state index in [2.05, 4.69) is 10.6 Å². The van der Waals surface area contributed by atoms with Gasteiger partial charge in [-0.1, -0.05) is 78.4 Å². The molecule has 4 heteroatoms. The van der Waals surface area contributed by atoms with Gasteiger partial charge in [-0.3, -0.25) is 9.59 Å². The summed E-state index contributed by atoms with van der Waals surface area (Å²) >= 11 is 0. The number of rotatable bonds is 7. The summed E-state index contributed by atoms with van der Waals surface area (Å²) < 4.78 is 0.